The Morgan fingerprint density at radius 1 is 1.41 bits per heavy atom. The number of aliphatic hydroxyl groups excluding tert-OH is 1. The minimum absolute atomic E-state index is 0.325. The van der Waals surface area contributed by atoms with Crippen LogP contribution < -0.4 is 14.8 Å². The predicted octanol–water partition coefficient (Wildman–Crippen LogP) is 0.491. The topological polar surface area (TPSA) is 67.8 Å². The molecule has 1 rings (SSSR count). The number of benzene rings is 1. The molecular weight excluding hydrogens is 222 g/mol. The number of hydrogen-bond acceptors (Lipinski definition) is 4. The number of carbonyl (C=O) groups excluding carboxylic acids is 1. The van der Waals surface area contributed by atoms with Gasteiger partial charge in [-0.2, -0.15) is 0 Å². The van der Waals surface area contributed by atoms with E-state index in [0.29, 0.717) is 24.7 Å². The van der Waals surface area contributed by atoms with Crippen molar-refractivity contribution in [3.8, 4) is 11.5 Å². The highest BCUT2D eigenvalue weighted by Gasteiger charge is 2.04. The van der Waals surface area contributed by atoms with E-state index in [1.165, 1.54) is 0 Å². The zero-order valence-electron chi connectivity index (χ0n) is 10.0. The van der Waals surface area contributed by atoms with Crippen LogP contribution in [0.15, 0.2) is 18.2 Å². The summed E-state index contributed by atoms with van der Waals surface area (Å²) in [5.41, 5.74) is 1.09. The van der Waals surface area contributed by atoms with E-state index in [1.54, 1.807) is 7.11 Å². The quantitative estimate of drug-likeness (QED) is 0.709. The van der Waals surface area contributed by atoms with Gasteiger partial charge in [-0.3, -0.25) is 4.79 Å². The van der Waals surface area contributed by atoms with Crippen LogP contribution in [0.5, 0.6) is 11.5 Å². The largest absolute Gasteiger partial charge is 0.493 e. The lowest BCUT2D eigenvalue weighted by Crippen LogP contribution is -2.30. The van der Waals surface area contributed by atoms with Crippen LogP contribution in [0.3, 0.4) is 0 Å². The van der Waals surface area contributed by atoms with Crippen LogP contribution in [-0.4, -0.2) is 37.9 Å². The van der Waals surface area contributed by atoms with E-state index in [0.717, 1.165) is 5.56 Å². The molecule has 0 fully saturated rings. The molecule has 0 bridgehead atoms. The molecule has 2 N–H and O–H groups in total. The Morgan fingerprint density at radius 3 is 2.82 bits per heavy atom. The molecule has 1 aromatic rings. The smallest absolute Gasteiger partial charge is 0.245 e. The van der Waals surface area contributed by atoms with E-state index >= 15 is 0 Å². The molecule has 94 valence electrons. The fourth-order valence-electron chi connectivity index (χ4n) is 1.30. The molecule has 0 saturated carbocycles. The van der Waals surface area contributed by atoms with Crippen LogP contribution in [0.2, 0.25) is 0 Å². The summed E-state index contributed by atoms with van der Waals surface area (Å²) in [6, 6.07) is 5.62. The van der Waals surface area contributed by atoms with E-state index in [4.69, 9.17) is 14.6 Å². The summed E-state index contributed by atoms with van der Waals surface area (Å²) < 4.78 is 10.6. The van der Waals surface area contributed by atoms with E-state index in [1.807, 2.05) is 25.1 Å². The third-order valence-corrected chi connectivity index (χ3v) is 2.14. The maximum atomic E-state index is 10.7. The van der Waals surface area contributed by atoms with Crippen LogP contribution in [0.1, 0.15) is 5.56 Å². The zero-order valence-corrected chi connectivity index (χ0v) is 10.0. The maximum Gasteiger partial charge on any atom is 0.245 e. The summed E-state index contributed by atoms with van der Waals surface area (Å²) in [7, 11) is 1.58. The van der Waals surface area contributed by atoms with Gasteiger partial charge in [-0.25, -0.2) is 0 Å². The molecule has 0 aromatic heterocycles. The van der Waals surface area contributed by atoms with Gasteiger partial charge in [-0.1, -0.05) is 6.07 Å². The lowest BCUT2D eigenvalue weighted by atomic mass is 10.2. The Bertz CT molecular complexity index is 379. The summed E-state index contributed by atoms with van der Waals surface area (Å²) in [4.78, 5) is 10.7. The first-order chi connectivity index (χ1) is 8.17. The van der Waals surface area contributed by atoms with Crippen molar-refractivity contribution in [2.45, 2.75) is 6.92 Å². The number of aryl methyl sites for hydroxylation is 1. The van der Waals surface area contributed by atoms with E-state index < -0.39 is 12.5 Å². The molecule has 0 spiro atoms. The second kappa shape index (κ2) is 6.75. The van der Waals surface area contributed by atoms with E-state index in [9.17, 15) is 4.79 Å². The summed E-state index contributed by atoms with van der Waals surface area (Å²) in [5.74, 6) is 0.888. The molecule has 1 amide bonds. The standard InChI is InChI=1S/C12H17NO4/c1-9-3-4-10(11(7-9)16-2)17-6-5-13-12(15)8-14/h3-4,7,14H,5-6,8H2,1-2H3,(H,13,15). The number of hydrogen-bond donors (Lipinski definition) is 2. The van der Waals surface area contributed by atoms with Crippen molar-refractivity contribution in [2.24, 2.45) is 0 Å². The first kappa shape index (κ1) is 13.3. The molecule has 0 unspecified atom stereocenters. The fraction of sp³-hybridized carbons (Fsp3) is 0.417. The monoisotopic (exact) mass is 239 g/mol. The number of aliphatic hydroxyl groups is 1. The Morgan fingerprint density at radius 2 is 2.18 bits per heavy atom. The third kappa shape index (κ3) is 4.32. The molecule has 0 aliphatic rings. The SMILES string of the molecule is COc1cc(C)ccc1OCCNC(=O)CO. The number of ether oxygens (including phenoxy) is 2. The molecule has 17 heavy (non-hydrogen) atoms. The molecule has 0 saturated heterocycles. The van der Waals surface area contributed by atoms with Gasteiger partial charge in [0.15, 0.2) is 11.5 Å². The molecule has 1 aromatic carbocycles. The van der Waals surface area contributed by atoms with Crippen molar-refractivity contribution < 1.29 is 19.4 Å². The second-order valence-electron chi connectivity index (χ2n) is 3.51. The lowest BCUT2D eigenvalue weighted by molar-refractivity contribution is -0.123. The normalized spacial score (nSPS) is 9.82. The van der Waals surface area contributed by atoms with Gasteiger partial charge in [-0.15, -0.1) is 0 Å². The Labute approximate surface area is 100 Å². The van der Waals surface area contributed by atoms with Crippen LogP contribution in [0.25, 0.3) is 0 Å². The third-order valence-electron chi connectivity index (χ3n) is 2.14. The summed E-state index contributed by atoms with van der Waals surface area (Å²) in [6.07, 6.45) is 0. The number of nitrogens with one attached hydrogen (secondary N) is 1. The van der Waals surface area contributed by atoms with Crippen LogP contribution in [-0.2, 0) is 4.79 Å². The predicted molar refractivity (Wildman–Crippen MR) is 63.3 cm³/mol. The number of rotatable bonds is 6. The van der Waals surface area contributed by atoms with Gasteiger partial charge in [0.2, 0.25) is 5.91 Å². The van der Waals surface area contributed by atoms with Crippen LogP contribution in [0.4, 0.5) is 0 Å². The minimum Gasteiger partial charge on any atom is -0.493 e. The van der Waals surface area contributed by atoms with Gasteiger partial charge in [0.05, 0.1) is 13.7 Å². The van der Waals surface area contributed by atoms with E-state index in [2.05, 4.69) is 5.32 Å². The summed E-state index contributed by atoms with van der Waals surface area (Å²) in [6.45, 7) is 2.13. The first-order valence-corrected chi connectivity index (χ1v) is 5.32. The number of amides is 1. The minimum atomic E-state index is -0.506. The molecule has 5 heteroatoms. The van der Waals surface area contributed by atoms with Crippen molar-refractivity contribution in [3.05, 3.63) is 23.8 Å². The van der Waals surface area contributed by atoms with Crippen molar-refractivity contribution in [2.75, 3.05) is 26.9 Å². The first-order valence-electron chi connectivity index (χ1n) is 5.32. The van der Waals surface area contributed by atoms with Gasteiger partial charge < -0.3 is 19.9 Å². The highest BCUT2D eigenvalue weighted by atomic mass is 16.5. The van der Waals surface area contributed by atoms with Crippen molar-refractivity contribution in [3.63, 3.8) is 0 Å². The van der Waals surface area contributed by atoms with Crippen molar-refractivity contribution >= 4 is 5.91 Å². The number of methoxy groups -OCH3 is 1. The van der Waals surface area contributed by atoms with E-state index in [-0.39, 0.29) is 0 Å². The van der Waals surface area contributed by atoms with Crippen LogP contribution in [0, 0.1) is 6.92 Å². The maximum absolute atomic E-state index is 10.7. The Hall–Kier alpha value is -1.75. The Kier molecular flexibility index (Phi) is 5.29. The fourth-order valence-corrected chi connectivity index (χ4v) is 1.30. The Balaban J connectivity index is 2.43. The summed E-state index contributed by atoms with van der Waals surface area (Å²) >= 11 is 0. The van der Waals surface area contributed by atoms with Crippen LogP contribution >= 0.6 is 0 Å². The average molecular weight is 239 g/mol. The molecule has 5 nitrogen and oxygen atoms in total. The van der Waals surface area contributed by atoms with Crippen molar-refractivity contribution in [1.82, 2.24) is 5.32 Å². The second-order valence-corrected chi connectivity index (χ2v) is 3.51. The number of carbonyl (C=O) groups is 1. The lowest BCUT2D eigenvalue weighted by Gasteiger charge is -2.11. The highest BCUT2D eigenvalue weighted by Crippen LogP contribution is 2.27. The van der Waals surface area contributed by atoms with Gasteiger partial charge in [0.1, 0.15) is 13.2 Å². The zero-order chi connectivity index (χ0) is 12.7. The molecule has 0 heterocycles. The van der Waals surface area contributed by atoms with Gasteiger partial charge in [-0.05, 0) is 24.6 Å². The molecule has 0 radical (unpaired) electrons. The van der Waals surface area contributed by atoms with Crippen molar-refractivity contribution in [1.29, 1.82) is 0 Å². The van der Waals surface area contributed by atoms with Gasteiger partial charge in [0.25, 0.3) is 0 Å². The molecule has 0 aliphatic heterocycles. The summed E-state index contributed by atoms with van der Waals surface area (Å²) in [5, 5.41) is 11.0. The van der Waals surface area contributed by atoms with Gasteiger partial charge in [0, 0.05) is 0 Å². The molecular formula is C12H17NO4. The molecule has 0 atom stereocenters. The highest BCUT2D eigenvalue weighted by molar-refractivity contribution is 5.76. The van der Waals surface area contributed by atoms with Gasteiger partial charge >= 0.3 is 0 Å². The molecule has 0 aliphatic carbocycles. The average Bonchev–Trinajstić information content (AvgIpc) is 2.35.